The fourth-order valence-corrected chi connectivity index (χ4v) is 4.29. The fourth-order valence-electron chi connectivity index (χ4n) is 4.29. The lowest BCUT2D eigenvalue weighted by Gasteiger charge is -2.37. The number of amides is 1. The van der Waals surface area contributed by atoms with Crippen molar-refractivity contribution in [2.45, 2.75) is 31.8 Å². The van der Waals surface area contributed by atoms with Crippen molar-refractivity contribution in [2.24, 2.45) is 0 Å². The Morgan fingerprint density at radius 1 is 1.14 bits per heavy atom. The minimum Gasteiger partial charge on any atom is -0.379 e. The van der Waals surface area contributed by atoms with E-state index in [1.807, 2.05) is 12.1 Å². The van der Waals surface area contributed by atoms with Crippen molar-refractivity contribution in [1.29, 1.82) is 0 Å². The zero-order chi connectivity index (χ0) is 20.1. The molecule has 6 nitrogen and oxygen atoms in total. The summed E-state index contributed by atoms with van der Waals surface area (Å²) in [6.07, 6.45) is 5.48. The molecule has 154 valence electrons. The summed E-state index contributed by atoms with van der Waals surface area (Å²) in [6, 6.07) is 12.4. The molecule has 1 aromatic carbocycles. The molecule has 0 bridgehead atoms. The van der Waals surface area contributed by atoms with Crippen molar-refractivity contribution in [3.05, 3.63) is 59.9 Å². The van der Waals surface area contributed by atoms with E-state index in [-0.39, 0.29) is 18.0 Å². The molecule has 2 fully saturated rings. The van der Waals surface area contributed by atoms with Gasteiger partial charge in [-0.05, 0) is 49.1 Å². The Morgan fingerprint density at radius 3 is 2.62 bits per heavy atom. The number of nitrogens with one attached hydrogen (secondary N) is 1. The lowest BCUT2D eigenvalue weighted by atomic mass is 10.0. The van der Waals surface area contributed by atoms with Gasteiger partial charge in [0, 0.05) is 50.3 Å². The van der Waals surface area contributed by atoms with E-state index in [0.29, 0.717) is 13.2 Å². The van der Waals surface area contributed by atoms with E-state index in [0.717, 1.165) is 44.6 Å². The first-order valence-corrected chi connectivity index (χ1v) is 10.5. The van der Waals surface area contributed by atoms with Crippen LogP contribution in [0.5, 0.6) is 0 Å². The summed E-state index contributed by atoms with van der Waals surface area (Å²) >= 11 is 0. The van der Waals surface area contributed by atoms with E-state index in [9.17, 15) is 4.79 Å². The van der Waals surface area contributed by atoms with Gasteiger partial charge < -0.3 is 15.0 Å². The predicted octanol–water partition coefficient (Wildman–Crippen LogP) is 2.55. The minimum absolute atomic E-state index is 0.0777. The standard InChI is InChI=1S/C23H30N4O2/c1-18-4-2-6-21(16-18)26-10-7-20(8-11-26)25-23(28)22(19-5-3-9-24-17-19)27-12-14-29-15-13-27/h2-6,9,16-17,20,22H,7-8,10-15H2,1H3,(H,25,28)/t22-/m0/s1. The molecule has 6 heteroatoms. The van der Waals surface area contributed by atoms with Crippen molar-refractivity contribution in [3.8, 4) is 0 Å². The molecule has 3 heterocycles. The van der Waals surface area contributed by atoms with Crippen LogP contribution in [0, 0.1) is 6.92 Å². The maximum Gasteiger partial charge on any atom is 0.242 e. The van der Waals surface area contributed by atoms with E-state index in [1.165, 1.54) is 11.3 Å². The zero-order valence-electron chi connectivity index (χ0n) is 17.1. The van der Waals surface area contributed by atoms with Crippen LogP contribution in [0.2, 0.25) is 0 Å². The SMILES string of the molecule is Cc1cccc(N2CCC(NC(=O)[C@H](c3cccnc3)N3CCOCC3)CC2)c1. The Kier molecular flexibility index (Phi) is 6.42. The molecule has 29 heavy (non-hydrogen) atoms. The van der Waals surface area contributed by atoms with E-state index in [4.69, 9.17) is 4.74 Å². The molecule has 1 N–H and O–H groups in total. The van der Waals surface area contributed by atoms with Crippen LogP contribution in [0.1, 0.15) is 30.0 Å². The number of nitrogens with zero attached hydrogens (tertiary/aromatic N) is 3. The van der Waals surface area contributed by atoms with Gasteiger partial charge in [0.2, 0.25) is 5.91 Å². The number of aryl methyl sites for hydroxylation is 1. The van der Waals surface area contributed by atoms with E-state index < -0.39 is 0 Å². The quantitative estimate of drug-likeness (QED) is 0.845. The zero-order valence-corrected chi connectivity index (χ0v) is 17.1. The third-order valence-electron chi connectivity index (χ3n) is 5.87. The Labute approximate surface area is 172 Å². The third kappa shape index (κ3) is 4.95. The minimum atomic E-state index is -0.303. The molecule has 2 aliphatic rings. The fraction of sp³-hybridized carbons (Fsp3) is 0.478. The summed E-state index contributed by atoms with van der Waals surface area (Å²) in [5.74, 6) is 0.0777. The Balaban J connectivity index is 1.39. The maximum absolute atomic E-state index is 13.3. The number of rotatable bonds is 5. The highest BCUT2D eigenvalue weighted by Gasteiger charge is 2.31. The Morgan fingerprint density at radius 2 is 1.93 bits per heavy atom. The number of hydrogen-bond acceptors (Lipinski definition) is 5. The Hall–Kier alpha value is -2.44. The van der Waals surface area contributed by atoms with Crippen molar-refractivity contribution < 1.29 is 9.53 Å². The molecule has 1 aromatic heterocycles. The molecule has 0 radical (unpaired) electrons. The first kappa shape index (κ1) is 19.9. The van der Waals surface area contributed by atoms with E-state index in [1.54, 1.807) is 12.4 Å². The van der Waals surface area contributed by atoms with Gasteiger partial charge in [0.1, 0.15) is 6.04 Å². The second kappa shape index (κ2) is 9.37. The van der Waals surface area contributed by atoms with E-state index >= 15 is 0 Å². The predicted molar refractivity (Wildman–Crippen MR) is 114 cm³/mol. The van der Waals surface area contributed by atoms with Crippen LogP contribution in [0.15, 0.2) is 48.8 Å². The topological polar surface area (TPSA) is 57.7 Å². The average molecular weight is 395 g/mol. The van der Waals surface area contributed by atoms with Crippen molar-refractivity contribution in [1.82, 2.24) is 15.2 Å². The third-order valence-corrected chi connectivity index (χ3v) is 5.87. The molecule has 1 amide bonds. The molecule has 2 aromatic rings. The van der Waals surface area contributed by atoms with Crippen LogP contribution in [0.4, 0.5) is 5.69 Å². The van der Waals surface area contributed by atoms with Crippen LogP contribution in [-0.2, 0) is 9.53 Å². The summed E-state index contributed by atoms with van der Waals surface area (Å²) in [5.41, 5.74) is 3.50. The number of anilines is 1. The summed E-state index contributed by atoms with van der Waals surface area (Å²) in [4.78, 5) is 22.1. The van der Waals surface area contributed by atoms with Crippen LogP contribution in [0.3, 0.4) is 0 Å². The highest BCUT2D eigenvalue weighted by atomic mass is 16.5. The number of ether oxygens (including phenoxy) is 1. The van der Waals surface area contributed by atoms with Crippen molar-refractivity contribution in [3.63, 3.8) is 0 Å². The number of hydrogen-bond donors (Lipinski definition) is 1. The first-order valence-electron chi connectivity index (χ1n) is 10.5. The lowest BCUT2D eigenvalue weighted by molar-refractivity contribution is -0.129. The van der Waals surface area contributed by atoms with Gasteiger partial charge in [-0.1, -0.05) is 18.2 Å². The summed E-state index contributed by atoms with van der Waals surface area (Å²) < 4.78 is 5.48. The smallest absolute Gasteiger partial charge is 0.242 e. The van der Waals surface area contributed by atoms with Gasteiger partial charge in [-0.15, -0.1) is 0 Å². The summed E-state index contributed by atoms with van der Waals surface area (Å²) in [6.45, 7) is 6.91. The monoisotopic (exact) mass is 394 g/mol. The number of carbonyl (C=O) groups excluding carboxylic acids is 1. The molecule has 4 rings (SSSR count). The van der Waals surface area contributed by atoms with Crippen LogP contribution in [0.25, 0.3) is 0 Å². The first-order chi connectivity index (χ1) is 14.2. The number of morpholine rings is 1. The van der Waals surface area contributed by atoms with Gasteiger partial charge in [-0.2, -0.15) is 0 Å². The van der Waals surface area contributed by atoms with Crippen molar-refractivity contribution >= 4 is 11.6 Å². The Bertz CT molecular complexity index is 800. The van der Waals surface area contributed by atoms with Crippen LogP contribution >= 0.6 is 0 Å². The van der Waals surface area contributed by atoms with Gasteiger partial charge >= 0.3 is 0 Å². The largest absolute Gasteiger partial charge is 0.379 e. The molecule has 0 saturated carbocycles. The number of benzene rings is 1. The normalized spacial score (nSPS) is 19.7. The molecular weight excluding hydrogens is 364 g/mol. The molecule has 0 unspecified atom stereocenters. The number of carbonyl (C=O) groups is 1. The van der Waals surface area contributed by atoms with Gasteiger partial charge in [0.25, 0.3) is 0 Å². The highest BCUT2D eigenvalue weighted by Crippen LogP contribution is 2.24. The molecule has 2 aliphatic heterocycles. The molecule has 0 aliphatic carbocycles. The van der Waals surface area contributed by atoms with Crippen LogP contribution in [-0.4, -0.2) is 61.2 Å². The van der Waals surface area contributed by atoms with E-state index in [2.05, 4.69) is 51.3 Å². The average Bonchev–Trinajstić information content (AvgIpc) is 2.76. The van der Waals surface area contributed by atoms with Gasteiger partial charge in [0.05, 0.1) is 13.2 Å². The summed E-state index contributed by atoms with van der Waals surface area (Å²) in [5, 5.41) is 3.32. The van der Waals surface area contributed by atoms with Gasteiger partial charge in [-0.3, -0.25) is 14.7 Å². The number of piperidine rings is 1. The van der Waals surface area contributed by atoms with Crippen molar-refractivity contribution in [2.75, 3.05) is 44.3 Å². The number of pyridine rings is 1. The second-order valence-corrected chi connectivity index (χ2v) is 7.95. The van der Waals surface area contributed by atoms with Crippen LogP contribution < -0.4 is 10.2 Å². The van der Waals surface area contributed by atoms with Gasteiger partial charge in [0.15, 0.2) is 0 Å². The maximum atomic E-state index is 13.3. The highest BCUT2D eigenvalue weighted by molar-refractivity contribution is 5.83. The second-order valence-electron chi connectivity index (χ2n) is 7.95. The summed E-state index contributed by atoms with van der Waals surface area (Å²) in [7, 11) is 0. The van der Waals surface area contributed by atoms with Gasteiger partial charge in [-0.25, -0.2) is 0 Å². The molecule has 0 spiro atoms. The lowest BCUT2D eigenvalue weighted by Crippen LogP contribution is -2.50. The number of aromatic nitrogens is 1. The molecule has 2 saturated heterocycles. The molecular formula is C23H30N4O2. The molecule has 1 atom stereocenters.